The van der Waals surface area contributed by atoms with Crippen molar-refractivity contribution in [2.45, 2.75) is 24.6 Å². The summed E-state index contributed by atoms with van der Waals surface area (Å²) >= 11 is 1.31. The predicted molar refractivity (Wildman–Crippen MR) is 84.8 cm³/mol. The number of amides is 3. The van der Waals surface area contributed by atoms with E-state index in [2.05, 4.69) is 15.5 Å². The average molecular weight is 332 g/mol. The SMILES string of the molecule is CC1(C)NC(=O)N(CCSc2nnc(-c3ccccc3)o2)C1=O. The maximum atomic E-state index is 12.1. The normalized spacial score (nSPS) is 16.7. The highest BCUT2D eigenvalue weighted by atomic mass is 32.2. The number of rotatable bonds is 5. The van der Waals surface area contributed by atoms with Crippen molar-refractivity contribution < 1.29 is 14.0 Å². The number of benzene rings is 1. The topological polar surface area (TPSA) is 88.3 Å². The van der Waals surface area contributed by atoms with Crippen LogP contribution in [0.2, 0.25) is 0 Å². The number of urea groups is 1. The van der Waals surface area contributed by atoms with Crippen LogP contribution in [0.1, 0.15) is 13.8 Å². The number of nitrogens with zero attached hydrogens (tertiary/aromatic N) is 3. The third-order valence-electron chi connectivity index (χ3n) is 3.41. The molecule has 0 aliphatic carbocycles. The molecule has 3 amide bonds. The second kappa shape index (κ2) is 6.04. The van der Waals surface area contributed by atoms with Crippen molar-refractivity contribution in [3.05, 3.63) is 30.3 Å². The number of nitrogens with one attached hydrogen (secondary N) is 1. The summed E-state index contributed by atoms with van der Waals surface area (Å²) in [6, 6.07) is 9.11. The minimum Gasteiger partial charge on any atom is -0.411 e. The summed E-state index contributed by atoms with van der Waals surface area (Å²) in [6.07, 6.45) is 0. The highest BCUT2D eigenvalue weighted by Gasteiger charge is 2.43. The van der Waals surface area contributed by atoms with E-state index < -0.39 is 5.54 Å². The molecule has 7 nitrogen and oxygen atoms in total. The average Bonchev–Trinajstić information content (AvgIpc) is 3.06. The number of hydrogen-bond acceptors (Lipinski definition) is 6. The van der Waals surface area contributed by atoms with Crippen LogP contribution in [-0.2, 0) is 4.79 Å². The van der Waals surface area contributed by atoms with Crippen LogP contribution < -0.4 is 5.32 Å². The number of hydrogen-bond donors (Lipinski definition) is 1. The van der Waals surface area contributed by atoms with Crippen LogP contribution >= 0.6 is 11.8 Å². The largest absolute Gasteiger partial charge is 0.411 e. The van der Waals surface area contributed by atoms with E-state index in [0.717, 1.165) is 5.56 Å². The fourth-order valence-corrected chi connectivity index (χ4v) is 2.90. The zero-order chi connectivity index (χ0) is 16.4. The molecule has 0 spiro atoms. The lowest BCUT2D eigenvalue weighted by Crippen LogP contribution is -2.40. The third-order valence-corrected chi connectivity index (χ3v) is 4.21. The number of aromatic nitrogens is 2. The molecule has 1 aromatic heterocycles. The maximum Gasteiger partial charge on any atom is 0.325 e. The Morgan fingerprint density at radius 3 is 2.61 bits per heavy atom. The smallest absolute Gasteiger partial charge is 0.325 e. The van der Waals surface area contributed by atoms with E-state index in [1.165, 1.54) is 16.7 Å². The van der Waals surface area contributed by atoms with Crippen molar-refractivity contribution in [3.8, 4) is 11.5 Å². The Bertz CT molecular complexity index is 729. The molecule has 23 heavy (non-hydrogen) atoms. The van der Waals surface area contributed by atoms with Gasteiger partial charge in [-0.15, -0.1) is 10.2 Å². The Labute approximate surface area is 137 Å². The zero-order valence-electron chi connectivity index (χ0n) is 12.8. The number of carbonyl (C=O) groups excluding carboxylic acids is 2. The maximum absolute atomic E-state index is 12.1. The van der Waals surface area contributed by atoms with E-state index in [0.29, 0.717) is 23.4 Å². The fraction of sp³-hybridized carbons (Fsp3) is 0.333. The second-order valence-corrected chi connectivity index (χ2v) is 6.65. The van der Waals surface area contributed by atoms with Crippen LogP contribution in [0.5, 0.6) is 0 Å². The summed E-state index contributed by atoms with van der Waals surface area (Å²) in [7, 11) is 0. The first-order valence-electron chi connectivity index (χ1n) is 7.13. The summed E-state index contributed by atoms with van der Waals surface area (Å²) in [5, 5.41) is 11.0. The van der Waals surface area contributed by atoms with Gasteiger partial charge in [-0.05, 0) is 26.0 Å². The van der Waals surface area contributed by atoms with E-state index in [9.17, 15) is 9.59 Å². The summed E-state index contributed by atoms with van der Waals surface area (Å²) in [5.41, 5.74) is 0.00916. The lowest BCUT2D eigenvalue weighted by Gasteiger charge is -2.15. The van der Waals surface area contributed by atoms with Gasteiger partial charge in [0.1, 0.15) is 5.54 Å². The monoisotopic (exact) mass is 332 g/mol. The van der Waals surface area contributed by atoms with E-state index >= 15 is 0 Å². The molecule has 1 aromatic carbocycles. The van der Waals surface area contributed by atoms with Gasteiger partial charge in [0.25, 0.3) is 11.1 Å². The molecule has 1 N–H and O–H groups in total. The van der Waals surface area contributed by atoms with E-state index in [-0.39, 0.29) is 11.9 Å². The number of imide groups is 1. The Kier molecular flexibility index (Phi) is 4.08. The lowest BCUT2D eigenvalue weighted by molar-refractivity contribution is -0.130. The predicted octanol–water partition coefficient (Wildman–Crippen LogP) is 2.16. The minimum atomic E-state index is -0.841. The van der Waals surface area contributed by atoms with Gasteiger partial charge in [0.05, 0.1) is 0 Å². The Balaban J connectivity index is 1.57. The van der Waals surface area contributed by atoms with Gasteiger partial charge < -0.3 is 9.73 Å². The fourth-order valence-electron chi connectivity index (χ4n) is 2.21. The number of carbonyl (C=O) groups is 2. The van der Waals surface area contributed by atoms with Crippen molar-refractivity contribution in [1.82, 2.24) is 20.4 Å². The van der Waals surface area contributed by atoms with Crippen LogP contribution in [-0.4, -0.2) is 44.9 Å². The van der Waals surface area contributed by atoms with Gasteiger partial charge in [0.2, 0.25) is 5.89 Å². The van der Waals surface area contributed by atoms with Gasteiger partial charge >= 0.3 is 6.03 Å². The molecule has 120 valence electrons. The molecular weight excluding hydrogens is 316 g/mol. The highest BCUT2D eigenvalue weighted by molar-refractivity contribution is 7.99. The van der Waals surface area contributed by atoms with Crippen LogP contribution in [0, 0.1) is 0 Å². The van der Waals surface area contributed by atoms with Gasteiger partial charge in [-0.25, -0.2) is 4.79 Å². The summed E-state index contributed by atoms with van der Waals surface area (Å²) in [4.78, 5) is 25.0. The van der Waals surface area contributed by atoms with Crippen molar-refractivity contribution >= 4 is 23.7 Å². The molecule has 8 heteroatoms. The first kappa shape index (κ1) is 15.5. The Morgan fingerprint density at radius 1 is 1.22 bits per heavy atom. The lowest BCUT2D eigenvalue weighted by atomic mass is 10.1. The second-order valence-electron chi connectivity index (χ2n) is 5.60. The molecule has 1 aliphatic rings. The van der Waals surface area contributed by atoms with Gasteiger partial charge in [0.15, 0.2) is 0 Å². The minimum absolute atomic E-state index is 0.224. The van der Waals surface area contributed by atoms with Crippen LogP contribution in [0.25, 0.3) is 11.5 Å². The summed E-state index contributed by atoms with van der Waals surface area (Å²) in [5.74, 6) is 0.717. The van der Waals surface area contributed by atoms with Gasteiger partial charge in [0, 0.05) is 17.9 Å². The van der Waals surface area contributed by atoms with E-state index in [1.54, 1.807) is 13.8 Å². The first-order chi connectivity index (χ1) is 11.0. The third kappa shape index (κ3) is 3.21. The molecule has 0 unspecified atom stereocenters. The van der Waals surface area contributed by atoms with Crippen molar-refractivity contribution in [3.63, 3.8) is 0 Å². The molecule has 3 rings (SSSR count). The Hall–Kier alpha value is -2.35. The standard InChI is InChI=1S/C15H16N4O3S/c1-15(2)12(20)19(13(21)16-15)8-9-23-14-18-17-11(22-14)10-6-4-3-5-7-10/h3-7H,8-9H2,1-2H3,(H,16,21). The molecule has 1 saturated heterocycles. The molecular formula is C15H16N4O3S. The zero-order valence-corrected chi connectivity index (χ0v) is 13.6. The molecule has 0 bridgehead atoms. The molecule has 1 fully saturated rings. The molecule has 0 atom stereocenters. The highest BCUT2D eigenvalue weighted by Crippen LogP contribution is 2.24. The summed E-state index contributed by atoms with van der Waals surface area (Å²) < 4.78 is 5.57. The first-order valence-corrected chi connectivity index (χ1v) is 8.12. The van der Waals surface area contributed by atoms with Crippen molar-refractivity contribution in [1.29, 1.82) is 0 Å². The molecule has 2 heterocycles. The van der Waals surface area contributed by atoms with Gasteiger partial charge in [-0.2, -0.15) is 0 Å². The van der Waals surface area contributed by atoms with Gasteiger partial charge in [-0.1, -0.05) is 30.0 Å². The quantitative estimate of drug-likeness (QED) is 0.667. The molecule has 0 saturated carbocycles. The van der Waals surface area contributed by atoms with Crippen molar-refractivity contribution in [2.75, 3.05) is 12.3 Å². The van der Waals surface area contributed by atoms with Gasteiger partial charge in [-0.3, -0.25) is 9.69 Å². The molecule has 2 aromatic rings. The summed E-state index contributed by atoms with van der Waals surface area (Å²) in [6.45, 7) is 3.66. The molecule has 0 radical (unpaired) electrons. The van der Waals surface area contributed by atoms with Crippen molar-refractivity contribution in [2.24, 2.45) is 0 Å². The van der Waals surface area contributed by atoms with Crippen LogP contribution in [0.3, 0.4) is 0 Å². The molecule has 1 aliphatic heterocycles. The van der Waals surface area contributed by atoms with Crippen LogP contribution in [0.4, 0.5) is 4.79 Å². The van der Waals surface area contributed by atoms with E-state index in [1.807, 2.05) is 30.3 Å². The van der Waals surface area contributed by atoms with Crippen LogP contribution in [0.15, 0.2) is 40.0 Å². The van der Waals surface area contributed by atoms with E-state index in [4.69, 9.17) is 4.42 Å². The Morgan fingerprint density at radius 2 is 1.96 bits per heavy atom. The number of thioether (sulfide) groups is 1.